The van der Waals surface area contributed by atoms with Crippen molar-refractivity contribution in [3.05, 3.63) is 29.6 Å². The van der Waals surface area contributed by atoms with E-state index in [9.17, 15) is 4.39 Å². The Morgan fingerprint density at radius 3 is 2.70 bits per heavy atom. The van der Waals surface area contributed by atoms with E-state index in [4.69, 9.17) is 4.74 Å². The van der Waals surface area contributed by atoms with E-state index in [0.717, 1.165) is 30.8 Å². The molecule has 0 fully saturated rings. The van der Waals surface area contributed by atoms with Crippen LogP contribution in [-0.2, 0) is 6.54 Å². The predicted molar refractivity (Wildman–Crippen MR) is 81.6 cm³/mol. The van der Waals surface area contributed by atoms with Crippen LogP contribution in [0.5, 0.6) is 5.75 Å². The van der Waals surface area contributed by atoms with Crippen LogP contribution >= 0.6 is 0 Å². The number of halogens is 1. The van der Waals surface area contributed by atoms with Gasteiger partial charge >= 0.3 is 0 Å². The Kier molecular flexibility index (Phi) is 7.55. The van der Waals surface area contributed by atoms with E-state index in [-0.39, 0.29) is 5.82 Å². The molecule has 0 unspecified atom stereocenters. The summed E-state index contributed by atoms with van der Waals surface area (Å²) in [7, 11) is 4.08. The van der Waals surface area contributed by atoms with E-state index in [0.29, 0.717) is 19.1 Å². The van der Waals surface area contributed by atoms with E-state index in [2.05, 4.69) is 24.1 Å². The summed E-state index contributed by atoms with van der Waals surface area (Å²) in [6.07, 6.45) is 0.962. The van der Waals surface area contributed by atoms with Crippen LogP contribution in [0, 0.1) is 11.7 Å². The molecule has 0 saturated carbocycles. The minimum absolute atomic E-state index is 0.216. The molecule has 0 aromatic heterocycles. The first-order chi connectivity index (χ1) is 9.49. The minimum Gasteiger partial charge on any atom is -0.493 e. The van der Waals surface area contributed by atoms with Crippen LogP contribution < -0.4 is 10.1 Å². The van der Waals surface area contributed by atoms with Crippen LogP contribution in [-0.4, -0.2) is 38.7 Å². The van der Waals surface area contributed by atoms with Crippen LogP contribution in [0.2, 0.25) is 0 Å². The standard InChI is InChI=1S/C16H27FN2O/c1-13(2)11-18-12-14-10-15(17)6-7-16(14)20-9-5-8-19(3)4/h6-7,10,13,18H,5,8-9,11-12H2,1-4H3. The molecule has 1 N–H and O–H groups in total. The Morgan fingerprint density at radius 2 is 2.05 bits per heavy atom. The highest BCUT2D eigenvalue weighted by molar-refractivity contribution is 5.33. The molecule has 0 atom stereocenters. The van der Waals surface area contributed by atoms with Gasteiger partial charge in [-0.2, -0.15) is 0 Å². The van der Waals surface area contributed by atoms with Crippen LogP contribution in [0.3, 0.4) is 0 Å². The molecule has 4 heteroatoms. The number of nitrogens with one attached hydrogen (secondary N) is 1. The summed E-state index contributed by atoms with van der Waals surface area (Å²) in [4.78, 5) is 2.12. The second-order valence-electron chi connectivity index (χ2n) is 5.78. The van der Waals surface area contributed by atoms with Crippen LogP contribution in [0.4, 0.5) is 4.39 Å². The Bertz CT molecular complexity index is 394. The molecule has 1 rings (SSSR count). The van der Waals surface area contributed by atoms with Gasteiger partial charge in [0.1, 0.15) is 11.6 Å². The highest BCUT2D eigenvalue weighted by atomic mass is 19.1. The third-order valence-electron chi connectivity index (χ3n) is 2.90. The smallest absolute Gasteiger partial charge is 0.123 e. The number of benzene rings is 1. The van der Waals surface area contributed by atoms with Gasteiger partial charge in [-0.15, -0.1) is 0 Å². The number of nitrogens with zero attached hydrogens (tertiary/aromatic N) is 1. The lowest BCUT2D eigenvalue weighted by molar-refractivity contribution is 0.278. The van der Waals surface area contributed by atoms with Gasteiger partial charge in [-0.05, 0) is 51.2 Å². The molecule has 0 bridgehead atoms. The average molecular weight is 282 g/mol. The molecule has 1 aromatic carbocycles. The molecular formula is C16H27FN2O. The third-order valence-corrected chi connectivity index (χ3v) is 2.90. The van der Waals surface area contributed by atoms with E-state index < -0.39 is 0 Å². The first-order valence-electron chi connectivity index (χ1n) is 7.25. The molecule has 0 spiro atoms. The van der Waals surface area contributed by atoms with Crippen molar-refractivity contribution in [2.45, 2.75) is 26.8 Å². The molecule has 0 aliphatic rings. The van der Waals surface area contributed by atoms with Crippen LogP contribution in [0.25, 0.3) is 0 Å². The summed E-state index contributed by atoms with van der Waals surface area (Å²) in [5, 5.41) is 3.32. The monoisotopic (exact) mass is 282 g/mol. The highest BCUT2D eigenvalue weighted by Crippen LogP contribution is 2.20. The van der Waals surface area contributed by atoms with Crippen molar-refractivity contribution >= 4 is 0 Å². The second-order valence-corrected chi connectivity index (χ2v) is 5.78. The quantitative estimate of drug-likeness (QED) is 0.705. The van der Waals surface area contributed by atoms with Gasteiger partial charge < -0.3 is 15.0 Å². The number of ether oxygens (including phenoxy) is 1. The summed E-state index contributed by atoms with van der Waals surface area (Å²) in [5.41, 5.74) is 0.885. The molecule has 114 valence electrons. The lowest BCUT2D eigenvalue weighted by Gasteiger charge is -2.14. The number of hydrogen-bond acceptors (Lipinski definition) is 3. The minimum atomic E-state index is -0.216. The van der Waals surface area contributed by atoms with Gasteiger partial charge in [-0.25, -0.2) is 4.39 Å². The van der Waals surface area contributed by atoms with Crippen molar-refractivity contribution in [3.63, 3.8) is 0 Å². The van der Waals surface area contributed by atoms with Crippen LogP contribution in [0.15, 0.2) is 18.2 Å². The van der Waals surface area contributed by atoms with Crippen molar-refractivity contribution in [1.82, 2.24) is 10.2 Å². The summed E-state index contributed by atoms with van der Waals surface area (Å²) in [6.45, 7) is 7.49. The largest absolute Gasteiger partial charge is 0.493 e. The Hall–Kier alpha value is -1.13. The zero-order valence-corrected chi connectivity index (χ0v) is 13.1. The van der Waals surface area contributed by atoms with E-state index in [1.54, 1.807) is 12.1 Å². The lowest BCUT2D eigenvalue weighted by atomic mass is 10.1. The fraction of sp³-hybridized carbons (Fsp3) is 0.625. The molecule has 0 radical (unpaired) electrons. The van der Waals surface area contributed by atoms with E-state index >= 15 is 0 Å². The average Bonchev–Trinajstić information content (AvgIpc) is 2.36. The van der Waals surface area contributed by atoms with Gasteiger partial charge in [0.05, 0.1) is 6.61 Å². The number of hydrogen-bond donors (Lipinski definition) is 1. The molecule has 0 saturated heterocycles. The molecule has 0 amide bonds. The Balaban J connectivity index is 2.51. The van der Waals surface area contributed by atoms with Crippen molar-refractivity contribution in [3.8, 4) is 5.75 Å². The summed E-state index contributed by atoms with van der Waals surface area (Å²) < 4.78 is 19.1. The fourth-order valence-electron chi connectivity index (χ4n) is 1.89. The maximum absolute atomic E-state index is 13.3. The zero-order chi connectivity index (χ0) is 15.0. The maximum atomic E-state index is 13.3. The maximum Gasteiger partial charge on any atom is 0.123 e. The number of rotatable bonds is 9. The SMILES string of the molecule is CC(C)CNCc1cc(F)ccc1OCCCN(C)C. The molecule has 0 aliphatic heterocycles. The van der Waals surface area contributed by atoms with Crippen molar-refractivity contribution in [2.24, 2.45) is 5.92 Å². The van der Waals surface area contributed by atoms with Gasteiger partial charge in [0.2, 0.25) is 0 Å². The summed E-state index contributed by atoms with van der Waals surface area (Å²) >= 11 is 0. The Labute approximate surface area is 122 Å². The molecule has 0 aliphatic carbocycles. The summed E-state index contributed by atoms with van der Waals surface area (Å²) in [6, 6.07) is 4.72. The van der Waals surface area contributed by atoms with Gasteiger partial charge in [-0.1, -0.05) is 13.8 Å². The van der Waals surface area contributed by atoms with Gasteiger partial charge in [0.15, 0.2) is 0 Å². The van der Waals surface area contributed by atoms with Crippen molar-refractivity contribution in [1.29, 1.82) is 0 Å². The molecule has 0 heterocycles. The molecule has 20 heavy (non-hydrogen) atoms. The summed E-state index contributed by atoms with van der Waals surface area (Å²) in [5.74, 6) is 1.14. The van der Waals surface area contributed by atoms with Gasteiger partial charge in [0, 0.05) is 18.7 Å². The second kappa shape index (κ2) is 8.93. The van der Waals surface area contributed by atoms with Crippen LogP contribution in [0.1, 0.15) is 25.8 Å². The van der Waals surface area contributed by atoms with Gasteiger partial charge in [-0.3, -0.25) is 0 Å². The highest BCUT2D eigenvalue weighted by Gasteiger charge is 2.06. The van der Waals surface area contributed by atoms with Gasteiger partial charge in [0.25, 0.3) is 0 Å². The first kappa shape index (κ1) is 16.9. The first-order valence-corrected chi connectivity index (χ1v) is 7.25. The molecule has 1 aromatic rings. The van der Waals surface area contributed by atoms with E-state index in [1.165, 1.54) is 6.07 Å². The van der Waals surface area contributed by atoms with Crippen molar-refractivity contribution < 1.29 is 9.13 Å². The lowest BCUT2D eigenvalue weighted by Crippen LogP contribution is -2.20. The topological polar surface area (TPSA) is 24.5 Å². The predicted octanol–water partition coefficient (Wildman–Crippen LogP) is 2.90. The fourth-order valence-corrected chi connectivity index (χ4v) is 1.89. The molecular weight excluding hydrogens is 255 g/mol. The third kappa shape index (κ3) is 6.87. The normalized spacial score (nSPS) is 11.3. The molecule has 3 nitrogen and oxygen atoms in total. The van der Waals surface area contributed by atoms with Crippen molar-refractivity contribution in [2.75, 3.05) is 33.8 Å². The van der Waals surface area contributed by atoms with E-state index in [1.807, 2.05) is 14.1 Å². The zero-order valence-electron chi connectivity index (χ0n) is 13.1. The Morgan fingerprint density at radius 1 is 1.30 bits per heavy atom.